The van der Waals surface area contributed by atoms with Crippen molar-refractivity contribution in [2.75, 3.05) is 5.73 Å². The van der Waals surface area contributed by atoms with Crippen LogP contribution in [0.15, 0.2) is 24.3 Å². The molecular formula is C13H21NO. The number of anilines is 1. The molecule has 0 radical (unpaired) electrons. The number of aliphatic hydroxyl groups excluding tert-OH is 1. The van der Waals surface area contributed by atoms with E-state index in [2.05, 4.69) is 20.8 Å². The van der Waals surface area contributed by atoms with Gasteiger partial charge in [-0.1, -0.05) is 32.9 Å². The molecule has 3 N–H and O–H groups in total. The Labute approximate surface area is 92.1 Å². The van der Waals surface area contributed by atoms with Crippen molar-refractivity contribution in [3.63, 3.8) is 0 Å². The largest absolute Gasteiger partial charge is 0.399 e. The van der Waals surface area contributed by atoms with Crippen molar-refractivity contribution in [1.82, 2.24) is 0 Å². The van der Waals surface area contributed by atoms with Crippen molar-refractivity contribution in [3.05, 3.63) is 29.8 Å². The van der Waals surface area contributed by atoms with Gasteiger partial charge >= 0.3 is 0 Å². The Kier molecular flexibility index (Phi) is 3.75. The van der Waals surface area contributed by atoms with Crippen LogP contribution in [0.2, 0.25) is 0 Å². The minimum absolute atomic E-state index is 0.265. The molecule has 1 aromatic rings. The molecule has 0 saturated heterocycles. The standard InChI is InChI=1S/C13H21NO/c1-13(2,3)8-7-12(15)10-5-4-6-11(14)9-10/h4-6,9,12,15H,7-8,14H2,1-3H3. The second kappa shape index (κ2) is 4.67. The highest BCUT2D eigenvalue weighted by Gasteiger charge is 2.14. The van der Waals surface area contributed by atoms with Gasteiger partial charge in [-0.3, -0.25) is 0 Å². The fourth-order valence-electron chi connectivity index (χ4n) is 1.50. The molecule has 1 atom stereocenters. The van der Waals surface area contributed by atoms with E-state index in [9.17, 15) is 5.11 Å². The number of hydrogen-bond acceptors (Lipinski definition) is 2. The summed E-state index contributed by atoms with van der Waals surface area (Å²) in [5.41, 5.74) is 7.56. The van der Waals surface area contributed by atoms with E-state index in [1.165, 1.54) is 0 Å². The molecule has 0 fully saturated rings. The predicted molar refractivity (Wildman–Crippen MR) is 64.5 cm³/mol. The summed E-state index contributed by atoms with van der Waals surface area (Å²) in [5, 5.41) is 9.95. The quantitative estimate of drug-likeness (QED) is 0.748. The van der Waals surface area contributed by atoms with Crippen LogP contribution in [-0.4, -0.2) is 5.11 Å². The van der Waals surface area contributed by atoms with E-state index in [0.29, 0.717) is 5.69 Å². The molecule has 0 saturated carbocycles. The first kappa shape index (κ1) is 12.1. The van der Waals surface area contributed by atoms with Crippen LogP contribution in [-0.2, 0) is 0 Å². The fraction of sp³-hybridized carbons (Fsp3) is 0.538. The van der Waals surface area contributed by atoms with Crippen LogP contribution >= 0.6 is 0 Å². The topological polar surface area (TPSA) is 46.2 Å². The Balaban J connectivity index is 2.58. The second-order valence-electron chi connectivity index (χ2n) is 5.29. The number of rotatable bonds is 3. The molecule has 1 unspecified atom stereocenters. The molecule has 0 aliphatic rings. The van der Waals surface area contributed by atoms with Gasteiger partial charge in [0.25, 0.3) is 0 Å². The molecule has 0 heterocycles. The van der Waals surface area contributed by atoms with Crippen molar-refractivity contribution in [2.45, 2.75) is 39.7 Å². The normalized spacial score (nSPS) is 13.9. The molecule has 0 bridgehead atoms. The van der Waals surface area contributed by atoms with E-state index in [-0.39, 0.29) is 5.41 Å². The monoisotopic (exact) mass is 207 g/mol. The van der Waals surface area contributed by atoms with E-state index in [4.69, 9.17) is 5.73 Å². The highest BCUT2D eigenvalue weighted by atomic mass is 16.3. The molecule has 0 aromatic heterocycles. The molecule has 1 aromatic carbocycles. The fourth-order valence-corrected chi connectivity index (χ4v) is 1.50. The molecule has 0 amide bonds. The number of aliphatic hydroxyl groups is 1. The van der Waals surface area contributed by atoms with Crippen molar-refractivity contribution in [2.24, 2.45) is 5.41 Å². The molecular weight excluding hydrogens is 186 g/mol. The Morgan fingerprint density at radius 2 is 2.00 bits per heavy atom. The molecule has 0 aliphatic heterocycles. The number of hydrogen-bond donors (Lipinski definition) is 2. The number of nitrogens with two attached hydrogens (primary N) is 1. The highest BCUT2D eigenvalue weighted by Crippen LogP contribution is 2.27. The van der Waals surface area contributed by atoms with Crippen LogP contribution in [0, 0.1) is 5.41 Å². The smallest absolute Gasteiger partial charge is 0.0791 e. The Hall–Kier alpha value is -1.02. The van der Waals surface area contributed by atoms with Gasteiger partial charge < -0.3 is 10.8 Å². The van der Waals surface area contributed by atoms with Gasteiger partial charge in [0.2, 0.25) is 0 Å². The summed E-state index contributed by atoms with van der Waals surface area (Å²) in [4.78, 5) is 0. The summed E-state index contributed by atoms with van der Waals surface area (Å²) < 4.78 is 0. The summed E-state index contributed by atoms with van der Waals surface area (Å²) in [7, 11) is 0. The average Bonchev–Trinajstić information content (AvgIpc) is 2.13. The first-order chi connectivity index (χ1) is 6.88. The summed E-state index contributed by atoms with van der Waals surface area (Å²) in [6.45, 7) is 6.54. The third-order valence-electron chi connectivity index (χ3n) is 2.46. The minimum atomic E-state index is -0.396. The van der Waals surface area contributed by atoms with Gasteiger partial charge in [-0.2, -0.15) is 0 Å². The van der Waals surface area contributed by atoms with Crippen LogP contribution in [0.5, 0.6) is 0 Å². The zero-order chi connectivity index (χ0) is 11.5. The molecule has 0 aliphatic carbocycles. The summed E-state index contributed by atoms with van der Waals surface area (Å²) in [5.74, 6) is 0. The maximum atomic E-state index is 9.95. The van der Waals surface area contributed by atoms with Gasteiger partial charge in [0.15, 0.2) is 0 Å². The summed E-state index contributed by atoms with van der Waals surface area (Å²) in [6.07, 6.45) is 1.39. The lowest BCUT2D eigenvalue weighted by Gasteiger charge is -2.20. The van der Waals surface area contributed by atoms with Crippen molar-refractivity contribution in [1.29, 1.82) is 0 Å². The third kappa shape index (κ3) is 4.34. The Morgan fingerprint density at radius 3 is 2.53 bits per heavy atom. The van der Waals surface area contributed by atoms with Crippen molar-refractivity contribution in [3.8, 4) is 0 Å². The SMILES string of the molecule is CC(C)(C)CCC(O)c1cccc(N)c1. The van der Waals surface area contributed by atoms with Crippen LogP contribution in [0.1, 0.15) is 45.3 Å². The molecule has 2 heteroatoms. The summed E-state index contributed by atoms with van der Waals surface area (Å²) in [6, 6.07) is 7.47. The molecule has 15 heavy (non-hydrogen) atoms. The number of nitrogen functional groups attached to an aromatic ring is 1. The van der Waals surface area contributed by atoms with Crippen LogP contribution in [0.3, 0.4) is 0 Å². The van der Waals surface area contributed by atoms with Crippen LogP contribution < -0.4 is 5.73 Å². The van der Waals surface area contributed by atoms with E-state index in [1.807, 2.05) is 24.3 Å². The van der Waals surface area contributed by atoms with Crippen molar-refractivity contribution < 1.29 is 5.11 Å². The zero-order valence-electron chi connectivity index (χ0n) is 9.83. The van der Waals surface area contributed by atoms with Gasteiger partial charge in [-0.15, -0.1) is 0 Å². The maximum absolute atomic E-state index is 9.95. The van der Waals surface area contributed by atoms with Crippen LogP contribution in [0.25, 0.3) is 0 Å². The Morgan fingerprint density at radius 1 is 1.33 bits per heavy atom. The zero-order valence-corrected chi connectivity index (χ0v) is 9.83. The first-order valence-electron chi connectivity index (χ1n) is 5.42. The minimum Gasteiger partial charge on any atom is -0.399 e. The van der Waals surface area contributed by atoms with Gasteiger partial charge in [-0.25, -0.2) is 0 Å². The molecule has 84 valence electrons. The predicted octanol–water partition coefficient (Wildman–Crippen LogP) is 3.13. The van der Waals surface area contributed by atoms with Gasteiger partial charge in [0, 0.05) is 5.69 Å². The lowest BCUT2D eigenvalue weighted by Crippen LogP contribution is -2.08. The molecule has 1 rings (SSSR count). The van der Waals surface area contributed by atoms with Gasteiger partial charge in [0.05, 0.1) is 6.10 Å². The van der Waals surface area contributed by atoms with E-state index in [0.717, 1.165) is 18.4 Å². The highest BCUT2D eigenvalue weighted by molar-refractivity contribution is 5.41. The van der Waals surface area contributed by atoms with Crippen LogP contribution in [0.4, 0.5) is 5.69 Å². The lowest BCUT2D eigenvalue weighted by molar-refractivity contribution is 0.147. The Bertz CT molecular complexity index is 315. The summed E-state index contributed by atoms with van der Waals surface area (Å²) >= 11 is 0. The number of benzene rings is 1. The third-order valence-corrected chi connectivity index (χ3v) is 2.46. The molecule has 2 nitrogen and oxygen atoms in total. The first-order valence-corrected chi connectivity index (χ1v) is 5.42. The average molecular weight is 207 g/mol. The molecule has 0 spiro atoms. The van der Waals surface area contributed by atoms with E-state index < -0.39 is 6.10 Å². The van der Waals surface area contributed by atoms with E-state index >= 15 is 0 Å². The lowest BCUT2D eigenvalue weighted by atomic mass is 9.88. The van der Waals surface area contributed by atoms with Gasteiger partial charge in [0.1, 0.15) is 0 Å². The van der Waals surface area contributed by atoms with Gasteiger partial charge in [-0.05, 0) is 36.0 Å². The maximum Gasteiger partial charge on any atom is 0.0791 e. The van der Waals surface area contributed by atoms with E-state index in [1.54, 1.807) is 0 Å². The van der Waals surface area contributed by atoms with Crippen molar-refractivity contribution >= 4 is 5.69 Å². The second-order valence-corrected chi connectivity index (χ2v) is 5.29.